The summed E-state index contributed by atoms with van der Waals surface area (Å²) in [5, 5.41) is 14.2. The summed E-state index contributed by atoms with van der Waals surface area (Å²) in [7, 11) is 0. The van der Waals surface area contributed by atoms with E-state index in [4.69, 9.17) is 23.2 Å². The smallest absolute Gasteiger partial charge is 0.306 e. The van der Waals surface area contributed by atoms with Gasteiger partial charge in [-0.25, -0.2) is 9.18 Å². The summed E-state index contributed by atoms with van der Waals surface area (Å²) >= 11 is 12.8. The van der Waals surface area contributed by atoms with Gasteiger partial charge in [0.1, 0.15) is 5.82 Å². The van der Waals surface area contributed by atoms with E-state index >= 15 is 0 Å². The second-order valence-electron chi connectivity index (χ2n) is 4.60. The maximum atomic E-state index is 13.7. The number of carbonyl (C=O) groups excluding carboxylic acids is 1. The van der Waals surface area contributed by atoms with Crippen LogP contribution in [-0.4, -0.2) is 16.2 Å². The Morgan fingerprint density at radius 3 is 2.62 bits per heavy atom. The number of hydrogen-bond acceptors (Lipinski definition) is 4. The summed E-state index contributed by atoms with van der Waals surface area (Å²) in [6, 6.07) is 10.4. The van der Waals surface area contributed by atoms with E-state index in [0.29, 0.717) is 26.3 Å². The maximum Gasteiger partial charge on any atom is 0.325 e. The molecule has 0 unspecified atom stereocenters. The fraction of sp³-hybridized carbons (Fsp3) is 0. The zero-order valence-electron chi connectivity index (χ0n) is 11.9. The Bertz CT molecular complexity index is 903. The Balaban J connectivity index is 1.70. The predicted octanol–water partition coefficient (Wildman–Crippen LogP) is 5.30. The van der Waals surface area contributed by atoms with Crippen LogP contribution in [0.5, 0.6) is 0 Å². The van der Waals surface area contributed by atoms with Crippen LogP contribution in [0, 0.1) is 5.82 Å². The van der Waals surface area contributed by atoms with Crippen LogP contribution in [0.25, 0.3) is 10.6 Å². The van der Waals surface area contributed by atoms with Gasteiger partial charge in [0.25, 0.3) is 0 Å². The molecule has 0 spiro atoms. The Labute approximate surface area is 150 Å². The van der Waals surface area contributed by atoms with Gasteiger partial charge in [-0.05, 0) is 30.3 Å². The van der Waals surface area contributed by atoms with Crippen LogP contribution in [-0.2, 0) is 0 Å². The van der Waals surface area contributed by atoms with Crippen LogP contribution in [0.4, 0.5) is 20.0 Å². The molecule has 122 valence electrons. The lowest BCUT2D eigenvalue weighted by Crippen LogP contribution is -2.19. The predicted molar refractivity (Wildman–Crippen MR) is 94.4 cm³/mol. The third-order valence-corrected chi connectivity index (χ3v) is 4.35. The normalized spacial score (nSPS) is 10.5. The molecule has 0 radical (unpaired) electrons. The SMILES string of the molecule is O=C(Nc1nnc(-c2ccccc2F)s1)Nc1ccc(Cl)cc1Cl. The summed E-state index contributed by atoms with van der Waals surface area (Å²) in [5.74, 6) is -0.405. The van der Waals surface area contributed by atoms with Crippen LogP contribution in [0.2, 0.25) is 10.0 Å². The minimum atomic E-state index is -0.546. The molecule has 24 heavy (non-hydrogen) atoms. The zero-order valence-corrected chi connectivity index (χ0v) is 14.2. The zero-order chi connectivity index (χ0) is 17.1. The number of hydrogen-bond donors (Lipinski definition) is 2. The van der Waals surface area contributed by atoms with Gasteiger partial charge in [-0.15, -0.1) is 10.2 Å². The highest BCUT2D eigenvalue weighted by atomic mass is 35.5. The van der Waals surface area contributed by atoms with Gasteiger partial charge in [0.15, 0.2) is 5.01 Å². The van der Waals surface area contributed by atoms with Crippen LogP contribution in [0.1, 0.15) is 0 Å². The first-order valence-electron chi connectivity index (χ1n) is 6.64. The van der Waals surface area contributed by atoms with E-state index in [2.05, 4.69) is 20.8 Å². The number of carbonyl (C=O) groups is 1. The molecule has 2 N–H and O–H groups in total. The van der Waals surface area contributed by atoms with Gasteiger partial charge in [-0.2, -0.15) is 0 Å². The number of anilines is 2. The number of amides is 2. The molecular weight excluding hydrogens is 374 g/mol. The van der Waals surface area contributed by atoms with Gasteiger partial charge in [-0.1, -0.05) is 46.7 Å². The molecule has 0 atom stereocenters. The first-order chi connectivity index (χ1) is 11.5. The highest BCUT2D eigenvalue weighted by molar-refractivity contribution is 7.18. The fourth-order valence-electron chi connectivity index (χ4n) is 1.86. The van der Waals surface area contributed by atoms with Gasteiger partial charge in [0.2, 0.25) is 5.13 Å². The fourth-order valence-corrected chi connectivity index (χ4v) is 3.08. The second kappa shape index (κ2) is 7.12. The lowest BCUT2D eigenvalue weighted by atomic mass is 10.2. The summed E-state index contributed by atoms with van der Waals surface area (Å²) in [6.07, 6.45) is 0. The third kappa shape index (κ3) is 3.81. The van der Waals surface area contributed by atoms with Crippen molar-refractivity contribution in [2.45, 2.75) is 0 Å². The number of urea groups is 1. The van der Waals surface area contributed by atoms with Crippen LogP contribution in [0.3, 0.4) is 0 Å². The molecule has 9 heteroatoms. The molecule has 2 amide bonds. The average molecular weight is 383 g/mol. The molecule has 0 fully saturated rings. The van der Waals surface area contributed by atoms with Gasteiger partial charge in [-0.3, -0.25) is 5.32 Å². The van der Waals surface area contributed by atoms with Crippen molar-refractivity contribution >= 4 is 51.4 Å². The maximum absolute atomic E-state index is 13.7. The number of aromatic nitrogens is 2. The lowest BCUT2D eigenvalue weighted by molar-refractivity contribution is 0.262. The minimum Gasteiger partial charge on any atom is -0.306 e. The van der Waals surface area contributed by atoms with Crippen molar-refractivity contribution in [2.75, 3.05) is 10.6 Å². The van der Waals surface area contributed by atoms with Crippen LogP contribution >= 0.6 is 34.5 Å². The van der Waals surface area contributed by atoms with Gasteiger partial charge in [0.05, 0.1) is 10.7 Å². The van der Waals surface area contributed by atoms with E-state index in [1.54, 1.807) is 30.3 Å². The summed E-state index contributed by atoms with van der Waals surface area (Å²) < 4.78 is 13.7. The van der Waals surface area contributed by atoms with Gasteiger partial charge in [0, 0.05) is 10.6 Å². The molecular formula is C15H9Cl2FN4OS. The topological polar surface area (TPSA) is 66.9 Å². The highest BCUT2D eigenvalue weighted by Crippen LogP contribution is 2.29. The van der Waals surface area contributed by atoms with Crippen molar-refractivity contribution in [2.24, 2.45) is 0 Å². The second-order valence-corrected chi connectivity index (χ2v) is 6.42. The quantitative estimate of drug-likeness (QED) is 0.645. The van der Waals surface area contributed by atoms with E-state index in [9.17, 15) is 9.18 Å². The third-order valence-electron chi connectivity index (χ3n) is 2.93. The molecule has 1 heterocycles. The van der Waals surface area contributed by atoms with E-state index < -0.39 is 11.8 Å². The van der Waals surface area contributed by atoms with E-state index in [1.165, 1.54) is 12.1 Å². The summed E-state index contributed by atoms with van der Waals surface area (Å²) in [5.41, 5.74) is 0.724. The molecule has 0 aliphatic heterocycles. The monoisotopic (exact) mass is 382 g/mol. The molecule has 0 aliphatic rings. The minimum absolute atomic E-state index is 0.232. The largest absolute Gasteiger partial charge is 0.325 e. The first-order valence-corrected chi connectivity index (χ1v) is 8.21. The molecule has 3 rings (SSSR count). The summed E-state index contributed by atoms with van der Waals surface area (Å²) in [4.78, 5) is 12.0. The summed E-state index contributed by atoms with van der Waals surface area (Å²) in [6.45, 7) is 0. The lowest BCUT2D eigenvalue weighted by Gasteiger charge is -2.07. The standard InChI is InChI=1S/C15H9Cl2FN4OS/c16-8-5-6-12(10(17)7-8)19-14(23)20-15-22-21-13(24-15)9-3-1-2-4-11(9)18/h1-7H,(H2,19,20,22,23). The number of nitrogens with one attached hydrogen (secondary N) is 2. The Hall–Kier alpha value is -2.22. The molecule has 3 aromatic rings. The van der Waals surface area contributed by atoms with Crippen molar-refractivity contribution in [1.82, 2.24) is 10.2 Å². The van der Waals surface area contributed by atoms with Crippen LogP contribution in [0.15, 0.2) is 42.5 Å². The Morgan fingerprint density at radius 1 is 1.08 bits per heavy atom. The molecule has 2 aromatic carbocycles. The first kappa shape index (κ1) is 16.6. The van der Waals surface area contributed by atoms with Crippen LogP contribution < -0.4 is 10.6 Å². The van der Waals surface area contributed by atoms with Gasteiger partial charge < -0.3 is 5.32 Å². The Morgan fingerprint density at radius 2 is 1.88 bits per heavy atom. The highest BCUT2D eigenvalue weighted by Gasteiger charge is 2.13. The van der Waals surface area contributed by atoms with E-state index in [1.807, 2.05) is 0 Å². The van der Waals surface area contributed by atoms with Crippen molar-refractivity contribution in [3.8, 4) is 10.6 Å². The number of benzene rings is 2. The van der Waals surface area contributed by atoms with Crippen molar-refractivity contribution in [3.05, 3.63) is 58.3 Å². The molecule has 0 bridgehead atoms. The average Bonchev–Trinajstić information content (AvgIpc) is 2.99. The molecule has 0 saturated heterocycles. The number of halogens is 3. The van der Waals surface area contributed by atoms with Crippen molar-refractivity contribution in [3.63, 3.8) is 0 Å². The van der Waals surface area contributed by atoms with E-state index in [0.717, 1.165) is 11.3 Å². The van der Waals surface area contributed by atoms with Crippen molar-refractivity contribution < 1.29 is 9.18 Å². The van der Waals surface area contributed by atoms with Crippen molar-refractivity contribution in [1.29, 1.82) is 0 Å². The molecule has 0 aliphatic carbocycles. The molecule has 0 saturated carbocycles. The molecule has 1 aromatic heterocycles. The van der Waals surface area contributed by atoms with Gasteiger partial charge >= 0.3 is 6.03 Å². The van der Waals surface area contributed by atoms with E-state index in [-0.39, 0.29) is 5.13 Å². The number of nitrogens with zero attached hydrogens (tertiary/aromatic N) is 2. The molecule has 5 nitrogen and oxygen atoms in total. The number of rotatable bonds is 3. The Kier molecular flexibility index (Phi) is 4.94.